The molecular formula is C20H30N2O2S. The van der Waals surface area contributed by atoms with Gasteiger partial charge in [0.1, 0.15) is 5.00 Å². The Morgan fingerprint density at radius 3 is 2.52 bits per heavy atom. The zero-order chi connectivity index (χ0) is 18.2. The zero-order valence-electron chi connectivity index (χ0n) is 15.6. The molecule has 4 nitrogen and oxygen atoms in total. The first kappa shape index (κ1) is 18.4. The molecule has 25 heavy (non-hydrogen) atoms. The van der Waals surface area contributed by atoms with Crippen LogP contribution >= 0.6 is 11.3 Å². The van der Waals surface area contributed by atoms with Crippen molar-refractivity contribution in [2.24, 2.45) is 23.0 Å². The molecule has 3 rings (SSSR count). The molecule has 0 aliphatic heterocycles. The van der Waals surface area contributed by atoms with Crippen molar-refractivity contribution >= 4 is 28.2 Å². The molecule has 1 fully saturated rings. The van der Waals surface area contributed by atoms with Gasteiger partial charge in [0.25, 0.3) is 5.91 Å². The summed E-state index contributed by atoms with van der Waals surface area (Å²) >= 11 is 1.57. The molecule has 0 aromatic carbocycles. The lowest BCUT2D eigenvalue weighted by Crippen LogP contribution is -2.29. The van der Waals surface area contributed by atoms with Gasteiger partial charge in [-0.1, -0.05) is 40.0 Å². The lowest BCUT2D eigenvalue weighted by Gasteiger charge is -2.36. The van der Waals surface area contributed by atoms with E-state index in [-0.39, 0.29) is 11.8 Å². The van der Waals surface area contributed by atoms with Crippen molar-refractivity contribution in [3.63, 3.8) is 0 Å². The van der Waals surface area contributed by atoms with Crippen LogP contribution < -0.4 is 11.1 Å². The normalized spacial score (nSPS) is 21.2. The highest BCUT2D eigenvalue weighted by atomic mass is 32.1. The average Bonchev–Trinajstić information content (AvgIpc) is 3.21. The summed E-state index contributed by atoms with van der Waals surface area (Å²) in [6.07, 6.45) is 8.25. The highest BCUT2D eigenvalue weighted by Crippen LogP contribution is 2.45. The zero-order valence-corrected chi connectivity index (χ0v) is 16.4. The second-order valence-corrected chi connectivity index (χ2v) is 9.43. The number of hydrogen-bond acceptors (Lipinski definition) is 3. The predicted molar refractivity (Wildman–Crippen MR) is 103 cm³/mol. The second kappa shape index (κ2) is 7.10. The topological polar surface area (TPSA) is 72.2 Å². The van der Waals surface area contributed by atoms with Crippen LogP contribution in [0, 0.1) is 17.3 Å². The van der Waals surface area contributed by atoms with Crippen LogP contribution in [0.15, 0.2) is 0 Å². The van der Waals surface area contributed by atoms with Crippen molar-refractivity contribution in [1.82, 2.24) is 0 Å². The van der Waals surface area contributed by atoms with E-state index in [2.05, 4.69) is 26.1 Å². The number of thiophene rings is 1. The minimum absolute atomic E-state index is 0.0593. The van der Waals surface area contributed by atoms with Gasteiger partial charge in [0, 0.05) is 10.8 Å². The Morgan fingerprint density at radius 2 is 1.92 bits per heavy atom. The first-order chi connectivity index (χ1) is 11.8. The highest BCUT2D eigenvalue weighted by molar-refractivity contribution is 7.17. The van der Waals surface area contributed by atoms with Crippen molar-refractivity contribution in [3.8, 4) is 0 Å². The average molecular weight is 363 g/mol. The van der Waals surface area contributed by atoms with Crippen LogP contribution in [0.4, 0.5) is 5.00 Å². The summed E-state index contributed by atoms with van der Waals surface area (Å²) in [6.45, 7) is 6.90. The number of anilines is 1. The van der Waals surface area contributed by atoms with Gasteiger partial charge in [0.05, 0.1) is 5.56 Å². The highest BCUT2D eigenvalue weighted by Gasteiger charge is 2.35. The molecule has 0 spiro atoms. The van der Waals surface area contributed by atoms with Crippen molar-refractivity contribution in [2.75, 3.05) is 5.32 Å². The van der Waals surface area contributed by atoms with Crippen LogP contribution in [0.2, 0.25) is 0 Å². The maximum atomic E-state index is 12.5. The lowest BCUT2D eigenvalue weighted by molar-refractivity contribution is -0.119. The molecule has 2 amide bonds. The lowest BCUT2D eigenvalue weighted by atomic mass is 9.69. The third-order valence-electron chi connectivity index (χ3n) is 6.49. The Bertz CT molecular complexity index is 671. The Balaban J connectivity index is 1.85. The molecule has 0 unspecified atom stereocenters. The number of carbonyl (C=O) groups excluding carboxylic acids is 2. The molecule has 0 radical (unpaired) electrons. The molecule has 1 aromatic heterocycles. The molecule has 3 N–H and O–H groups in total. The van der Waals surface area contributed by atoms with E-state index >= 15 is 0 Å². The van der Waals surface area contributed by atoms with Gasteiger partial charge in [-0.3, -0.25) is 9.59 Å². The quantitative estimate of drug-likeness (QED) is 0.808. The van der Waals surface area contributed by atoms with Crippen molar-refractivity contribution in [2.45, 2.75) is 72.1 Å². The van der Waals surface area contributed by atoms with Gasteiger partial charge in [-0.15, -0.1) is 11.3 Å². The fourth-order valence-electron chi connectivity index (χ4n) is 4.29. The molecule has 1 heterocycles. The van der Waals surface area contributed by atoms with E-state index in [9.17, 15) is 9.59 Å². The van der Waals surface area contributed by atoms with Gasteiger partial charge in [0.15, 0.2) is 0 Å². The number of amides is 2. The van der Waals surface area contributed by atoms with E-state index in [0.29, 0.717) is 21.9 Å². The molecule has 0 bridgehead atoms. The monoisotopic (exact) mass is 362 g/mol. The number of carbonyl (C=O) groups is 2. The van der Waals surface area contributed by atoms with E-state index in [0.717, 1.165) is 56.9 Å². The second-order valence-electron chi connectivity index (χ2n) is 8.32. The Morgan fingerprint density at radius 1 is 1.24 bits per heavy atom. The van der Waals surface area contributed by atoms with Gasteiger partial charge in [-0.25, -0.2) is 0 Å². The number of nitrogens with two attached hydrogens (primary N) is 1. The van der Waals surface area contributed by atoms with Crippen LogP contribution in [0.3, 0.4) is 0 Å². The Labute approximate surface area is 154 Å². The summed E-state index contributed by atoms with van der Waals surface area (Å²) < 4.78 is 0. The molecule has 2 aliphatic rings. The molecule has 1 atom stereocenters. The van der Waals surface area contributed by atoms with Crippen molar-refractivity contribution < 1.29 is 9.59 Å². The van der Waals surface area contributed by atoms with Crippen LogP contribution in [-0.4, -0.2) is 11.8 Å². The fourth-order valence-corrected chi connectivity index (χ4v) is 5.63. The maximum Gasteiger partial charge on any atom is 0.251 e. The van der Waals surface area contributed by atoms with Gasteiger partial charge in [-0.2, -0.15) is 0 Å². The molecule has 1 aromatic rings. The summed E-state index contributed by atoms with van der Waals surface area (Å²) in [5.74, 6) is 0.353. The fraction of sp³-hybridized carbons (Fsp3) is 0.700. The first-order valence-corrected chi connectivity index (χ1v) is 10.4. The van der Waals surface area contributed by atoms with Crippen LogP contribution in [0.1, 0.15) is 80.1 Å². The van der Waals surface area contributed by atoms with Gasteiger partial charge < -0.3 is 11.1 Å². The maximum absolute atomic E-state index is 12.5. The molecular weight excluding hydrogens is 332 g/mol. The number of hydrogen-bond donors (Lipinski definition) is 2. The molecule has 5 heteroatoms. The summed E-state index contributed by atoms with van der Waals surface area (Å²) in [5, 5.41) is 3.72. The minimum Gasteiger partial charge on any atom is -0.365 e. The van der Waals surface area contributed by atoms with Gasteiger partial charge in [-0.05, 0) is 49.0 Å². The van der Waals surface area contributed by atoms with E-state index in [4.69, 9.17) is 5.73 Å². The predicted octanol–water partition coefficient (Wildman–Crippen LogP) is 4.52. The Hall–Kier alpha value is -1.36. The third-order valence-corrected chi connectivity index (χ3v) is 7.66. The van der Waals surface area contributed by atoms with Crippen molar-refractivity contribution in [1.29, 1.82) is 0 Å². The van der Waals surface area contributed by atoms with Crippen LogP contribution in [-0.2, 0) is 17.6 Å². The van der Waals surface area contributed by atoms with E-state index in [1.807, 2.05) is 0 Å². The minimum atomic E-state index is -0.410. The molecule has 0 saturated heterocycles. The largest absolute Gasteiger partial charge is 0.365 e. The summed E-state index contributed by atoms with van der Waals surface area (Å²) in [5.41, 5.74) is 7.62. The molecule has 1 saturated carbocycles. The first-order valence-electron chi connectivity index (χ1n) is 9.58. The van der Waals surface area contributed by atoms with Gasteiger partial charge in [0.2, 0.25) is 5.91 Å². The Kier molecular flexibility index (Phi) is 5.24. The SMILES string of the molecule is CCC(C)(C)[C@@H]1CCc2c(sc(NC(=O)C3CCCC3)c2C(N)=O)C1. The standard InChI is InChI=1S/C20H30N2O2S/c1-4-20(2,3)13-9-10-14-15(11-13)25-19(16(14)17(21)23)22-18(24)12-7-5-6-8-12/h12-13H,4-11H2,1-3H3,(H2,21,23)(H,22,24)/t13-/m1/s1. The smallest absolute Gasteiger partial charge is 0.251 e. The van der Waals surface area contributed by atoms with E-state index < -0.39 is 5.91 Å². The van der Waals surface area contributed by atoms with Crippen LogP contribution in [0.25, 0.3) is 0 Å². The number of primary amides is 1. The summed E-state index contributed by atoms with van der Waals surface area (Å²) in [7, 11) is 0. The van der Waals surface area contributed by atoms with Crippen LogP contribution in [0.5, 0.6) is 0 Å². The van der Waals surface area contributed by atoms with E-state index in [1.54, 1.807) is 11.3 Å². The summed E-state index contributed by atoms with van der Waals surface area (Å²) in [6, 6.07) is 0. The molecule has 2 aliphatic carbocycles. The number of nitrogens with one attached hydrogen (secondary N) is 1. The number of fused-ring (bicyclic) bond motifs is 1. The van der Waals surface area contributed by atoms with Gasteiger partial charge >= 0.3 is 0 Å². The van der Waals surface area contributed by atoms with Crippen molar-refractivity contribution in [3.05, 3.63) is 16.0 Å². The third kappa shape index (κ3) is 3.62. The molecule has 138 valence electrons. The summed E-state index contributed by atoms with van der Waals surface area (Å²) in [4.78, 5) is 25.8. The number of rotatable bonds is 5. The van der Waals surface area contributed by atoms with E-state index in [1.165, 1.54) is 4.88 Å².